The van der Waals surface area contributed by atoms with Gasteiger partial charge in [-0.2, -0.15) is 0 Å². The number of nitrogens with one attached hydrogen (secondary N) is 1. The van der Waals surface area contributed by atoms with Crippen LogP contribution in [0.5, 0.6) is 11.5 Å². The number of halogens is 1. The van der Waals surface area contributed by atoms with E-state index in [1.54, 1.807) is 31.4 Å². The van der Waals surface area contributed by atoms with E-state index in [2.05, 4.69) is 21.2 Å². The van der Waals surface area contributed by atoms with E-state index in [1.807, 2.05) is 32.0 Å². The third-order valence-corrected chi connectivity index (χ3v) is 4.32. The molecule has 2 aromatic rings. The quantitative estimate of drug-likeness (QED) is 0.802. The molecule has 5 heteroatoms. The molecule has 1 atom stereocenters. The van der Waals surface area contributed by atoms with Crippen molar-refractivity contribution in [3.63, 3.8) is 0 Å². The van der Waals surface area contributed by atoms with E-state index >= 15 is 0 Å². The van der Waals surface area contributed by atoms with Gasteiger partial charge in [0.05, 0.1) is 7.11 Å². The first-order valence-corrected chi connectivity index (χ1v) is 8.20. The molecule has 0 aliphatic heterocycles. The van der Waals surface area contributed by atoms with Crippen molar-refractivity contribution >= 4 is 27.5 Å². The maximum Gasteiger partial charge on any atom is 0.265 e. The lowest BCUT2D eigenvalue weighted by atomic mass is 10.2. The van der Waals surface area contributed by atoms with Crippen molar-refractivity contribution in [1.82, 2.24) is 0 Å². The zero-order chi connectivity index (χ0) is 16.8. The fourth-order valence-corrected chi connectivity index (χ4v) is 2.33. The third kappa shape index (κ3) is 4.73. The number of carbonyl (C=O) groups excluding carboxylic acids is 1. The molecule has 23 heavy (non-hydrogen) atoms. The van der Waals surface area contributed by atoms with Crippen molar-refractivity contribution in [3.8, 4) is 11.5 Å². The summed E-state index contributed by atoms with van der Waals surface area (Å²) in [5, 5.41) is 2.89. The lowest BCUT2D eigenvalue weighted by molar-refractivity contribution is -0.122. The molecule has 2 rings (SSSR count). The van der Waals surface area contributed by atoms with Gasteiger partial charge in [-0.15, -0.1) is 0 Å². The summed E-state index contributed by atoms with van der Waals surface area (Å²) in [5.74, 6) is 1.23. The summed E-state index contributed by atoms with van der Waals surface area (Å²) in [6.07, 6.45) is 0.0280. The van der Waals surface area contributed by atoms with Gasteiger partial charge in [0.25, 0.3) is 5.91 Å². The van der Waals surface area contributed by atoms with E-state index in [9.17, 15) is 4.79 Å². The summed E-state index contributed by atoms with van der Waals surface area (Å²) in [7, 11) is 1.61. The van der Waals surface area contributed by atoms with Gasteiger partial charge in [-0.05, 0) is 61.4 Å². The molecular formula is C18H20BrNO3. The van der Waals surface area contributed by atoms with Crippen LogP contribution in [0.1, 0.15) is 18.9 Å². The van der Waals surface area contributed by atoms with Crippen LogP contribution in [0.15, 0.2) is 46.9 Å². The number of benzene rings is 2. The van der Waals surface area contributed by atoms with Crippen molar-refractivity contribution in [2.45, 2.75) is 26.4 Å². The highest BCUT2D eigenvalue weighted by molar-refractivity contribution is 9.10. The Bertz CT molecular complexity index is 670. The fraction of sp³-hybridized carbons (Fsp3) is 0.278. The van der Waals surface area contributed by atoms with E-state index in [0.717, 1.165) is 21.5 Å². The number of amides is 1. The van der Waals surface area contributed by atoms with Crippen LogP contribution in [-0.4, -0.2) is 19.1 Å². The SMILES string of the molecule is CC[C@@H](Oc1ccc(OC)cc1)C(=O)Nc1ccc(Br)c(C)c1. The molecule has 2 aromatic carbocycles. The van der Waals surface area contributed by atoms with Crippen molar-refractivity contribution < 1.29 is 14.3 Å². The second kappa shape index (κ2) is 8.02. The minimum Gasteiger partial charge on any atom is -0.497 e. The third-order valence-electron chi connectivity index (χ3n) is 3.43. The van der Waals surface area contributed by atoms with E-state index < -0.39 is 6.10 Å². The Hall–Kier alpha value is -2.01. The monoisotopic (exact) mass is 377 g/mol. The molecule has 0 aliphatic rings. The van der Waals surface area contributed by atoms with Crippen molar-refractivity contribution in [1.29, 1.82) is 0 Å². The van der Waals surface area contributed by atoms with Crippen molar-refractivity contribution in [2.75, 3.05) is 12.4 Å². The van der Waals surface area contributed by atoms with Gasteiger partial charge < -0.3 is 14.8 Å². The van der Waals surface area contributed by atoms with Crippen LogP contribution < -0.4 is 14.8 Å². The summed E-state index contributed by atoms with van der Waals surface area (Å²) in [5.41, 5.74) is 1.82. The van der Waals surface area contributed by atoms with Gasteiger partial charge in [0.15, 0.2) is 6.10 Å². The van der Waals surface area contributed by atoms with E-state index in [1.165, 1.54) is 0 Å². The highest BCUT2D eigenvalue weighted by Gasteiger charge is 2.18. The van der Waals surface area contributed by atoms with E-state index in [-0.39, 0.29) is 5.91 Å². The normalized spacial score (nSPS) is 11.7. The summed E-state index contributed by atoms with van der Waals surface area (Å²) >= 11 is 3.45. The average molecular weight is 378 g/mol. The summed E-state index contributed by atoms with van der Waals surface area (Å²) in [6.45, 7) is 3.89. The van der Waals surface area contributed by atoms with Gasteiger partial charge in [0.2, 0.25) is 0 Å². The van der Waals surface area contributed by atoms with E-state index in [0.29, 0.717) is 12.2 Å². The molecule has 0 bridgehead atoms. The van der Waals surface area contributed by atoms with Gasteiger partial charge in [0.1, 0.15) is 11.5 Å². The van der Waals surface area contributed by atoms with Crippen LogP contribution in [0, 0.1) is 6.92 Å². The fourth-order valence-electron chi connectivity index (χ4n) is 2.09. The topological polar surface area (TPSA) is 47.6 Å². The summed E-state index contributed by atoms with van der Waals surface area (Å²) in [6, 6.07) is 12.9. The lowest BCUT2D eigenvalue weighted by Crippen LogP contribution is -2.32. The molecular weight excluding hydrogens is 358 g/mol. The van der Waals surface area contributed by atoms with Crippen molar-refractivity contribution in [2.24, 2.45) is 0 Å². The van der Waals surface area contributed by atoms with Crippen LogP contribution in [0.4, 0.5) is 5.69 Å². The molecule has 0 spiro atoms. The number of carbonyl (C=O) groups is 1. The minimum absolute atomic E-state index is 0.162. The molecule has 0 fully saturated rings. The molecule has 122 valence electrons. The number of methoxy groups -OCH3 is 1. The first kappa shape index (κ1) is 17.3. The number of hydrogen-bond acceptors (Lipinski definition) is 3. The average Bonchev–Trinajstić information content (AvgIpc) is 2.56. The van der Waals surface area contributed by atoms with Gasteiger partial charge >= 0.3 is 0 Å². The molecule has 0 saturated heterocycles. The van der Waals surface area contributed by atoms with Crippen molar-refractivity contribution in [3.05, 3.63) is 52.5 Å². The molecule has 0 saturated carbocycles. The van der Waals surface area contributed by atoms with Gasteiger partial charge in [-0.3, -0.25) is 4.79 Å². The van der Waals surface area contributed by atoms with Crippen LogP contribution in [0.3, 0.4) is 0 Å². The maximum atomic E-state index is 12.4. The highest BCUT2D eigenvalue weighted by Crippen LogP contribution is 2.22. The lowest BCUT2D eigenvalue weighted by Gasteiger charge is -2.17. The number of rotatable bonds is 6. The van der Waals surface area contributed by atoms with Crippen LogP contribution in [-0.2, 0) is 4.79 Å². The second-order valence-corrected chi connectivity index (χ2v) is 6.00. The van der Waals surface area contributed by atoms with Crippen LogP contribution >= 0.6 is 15.9 Å². The standard InChI is InChI=1S/C18H20BrNO3/c1-4-17(23-15-8-6-14(22-3)7-9-15)18(21)20-13-5-10-16(19)12(2)11-13/h5-11,17H,4H2,1-3H3,(H,20,21)/t17-/m1/s1. The predicted octanol–water partition coefficient (Wildman–Crippen LogP) is 4.56. The zero-order valence-corrected chi connectivity index (χ0v) is 15.0. The largest absolute Gasteiger partial charge is 0.497 e. The van der Waals surface area contributed by atoms with Gasteiger partial charge in [-0.1, -0.05) is 22.9 Å². The Balaban J connectivity index is 2.03. The summed E-state index contributed by atoms with van der Waals surface area (Å²) < 4.78 is 11.9. The van der Waals surface area contributed by atoms with E-state index in [4.69, 9.17) is 9.47 Å². The Morgan fingerprint density at radius 2 is 1.83 bits per heavy atom. The predicted molar refractivity (Wildman–Crippen MR) is 95.2 cm³/mol. The number of hydrogen-bond donors (Lipinski definition) is 1. The molecule has 1 amide bonds. The minimum atomic E-state index is -0.549. The molecule has 0 radical (unpaired) electrons. The molecule has 4 nitrogen and oxygen atoms in total. The highest BCUT2D eigenvalue weighted by atomic mass is 79.9. The smallest absolute Gasteiger partial charge is 0.265 e. The zero-order valence-electron chi connectivity index (χ0n) is 13.4. The molecule has 0 aromatic heterocycles. The maximum absolute atomic E-state index is 12.4. The van der Waals surface area contributed by atoms with Gasteiger partial charge in [-0.25, -0.2) is 0 Å². The Kier molecular flexibility index (Phi) is 6.04. The first-order chi connectivity index (χ1) is 11.0. The number of ether oxygens (including phenoxy) is 2. The van der Waals surface area contributed by atoms with Crippen LogP contribution in [0.25, 0.3) is 0 Å². The molecule has 0 aliphatic carbocycles. The number of aryl methyl sites for hydroxylation is 1. The second-order valence-electron chi connectivity index (χ2n) is 5.14. The Morgan fingerprint density at radius 3 is 2.39 bits per heavy atom. The van der Waals surface area contributed by atoms with Crippen LogP contribution in [0.2, 0.25) is 0 Å². The number of anilines is 1. The Morgan fingerprint density at radius 1 is 1.17 bits per heavy atom. The first-order valence-electron chi connectivity index (χ1n) is 7.41. The molecule has 0 unspecified atom stereocenters. The Labute approximate surface area is 144 Å². The van der Waals surface area contributed by atoms with Gasteiger partial charge in [0, 0.05) is 10.2 Å². The summed E-state index contributed by atoms with van der Waals surface area (Å²) in [4.78, 5) is 12.4. The molecule has 1 N–H and O–H groups in total. The molecule has 0 heterocycles.